The predicted octanol–water partition coefficient (Wildman–Crippen LogP) is 2.89. The molecule has 0 saturated carbocycles. The Morgan fingerprint density at radius 2 is 0.791 bits per heavy atom. The molecular formula is C62H84N12O12. The molecule has 0 aliphatic carbocycles. The second-order valence-corrected chi connectivity index (χ2v) is 21.8. The number of carbonyl (C=O) groups excluding carboxylic acids is 9. The van der Waals surface area contributed by atoms with Gasteiger partial charge in [-0.05, 0) is 114 Å². The molecule has 464 valence electrons. The van der Waals surface area contributed by atoms with Crippen molar-refractivity contribution in [3.63, 3.8) is 0 Å². The summed E-state index contributed by atoms with van der Waals surface area (Å²) in [7, 11) is 2.77. The molecule has 3 aliphatic rings. The number of alkyl carbamates (subject to hydrolysis) is 1. The quantitative estimate of drug-likeness (QED) is 0.0870. The zero-order valence-corrected chi connectivity index (χ0v) is 50.5. The maximum Gasteiger partial charge on any atom is 0.407 e. The van der Waals surface area contributed by atoms with Crippen molar-refractivity contribution in [2.45, 2.75) is 59.5 Å². The number of para-hydroxylation sites is 2. The zero-order valence-electron chi connectivity index (χ0n) is 50.5. The first-order valence-electron chi connectivity index (χ1n) is 29.2. The van der Waals surface area contributed by atoms with Gasteiger partial charge in [0.25, 0.3) is 47.3 Å². The molecular weight excluding hydrogens is 1100 g/mol. The van der Waals surface area contributed by atoms with Crippen LogP contribution in [0.1, 0.15) is 134 Å². The first-order valence-corrected chi connectivity index (χ1v) is 29.2. The van der Waals surface area contributed by atoms with Crippen molar-refractivity contribution >= 4 is 53.4 Å². The van der Waals surface area contributed by atoms with Crippen molar-refractivity contribution < 1.29 is 57.4 Å². The summed E-state index contributed by atoms with van der Waals surface area (Å²) < 4.78 is 16.6. The molecule has 2 unspecified atom stereocenters. The molecule has 9 amide bonds. The predicted molar refractivity (Wildman–Crippen MR) is 324 cm³/mol. The lowest BCUT2D eigenvalue weighted by atomic mass is 10.0. The fourth-order valence-corrected chi connectivity index (χ4v) is 9.96. The van der Waals surface area contributed by atoms with E-state index in [1.807, 2.05) is 14.7 Å². The topological polar surface area (TPSA) is 299 Å². The van der Waals surface area contributed by atoms with Gasteiger partial charge in [-0.3, -0.25) is 53.1 Å². The Labute approximate surface area is 502 Å². The first-order chi connectivity index (χ1) is 41.3. The van der Waals surface area contributed by atoms with E-state index in [0.29, 0.717) is 112 Å². The van der Waals surface area contributed by atoms with Gasteiger partial charge in [-0.1, -0.05) is 24.3 Å². The highest BCUT2D eigenvalue weighted by atomic mass is 16.6. The Morgan fingerprint density at radius 1 is 0.442 bits per heavy atom. The van der Waals surface area contributed by atoms with Crippen LogP contribution in [-0.4, -0.2) is 206 Å². The smallest absolute Gasteiger partial charge is 0.407 e. The van der Waals surface area contributed by atoms with E-state index < -0.39 is 47.1 Å². The minimum absolute atomic E-state index is 0.0893. The van der Waals surface area contributed by atoms with Crippen LogP contribution in [0.5, 0.6) is 11.5 Å². The maximum atomic E-state index is 13.9. The summed E-state index contributed by atoms with van der Waals surface area (Å²) >= 11 is 0. The molecule has 3 heterocycles. The van der Waals surface area contributed by atoms with E-state index in [1.165, 1.54) is 14.2 Å². The van der Waals surface area contributed by atoms with Gasteiger partial charge in [0.15, 0.2) is 0 Å². The fourth-order valence-electron chi connectivity index (χ4n) is 9.96. The highest BCUT2D eigenvalue weighted by molar-refractivity contribution is 6.06. The lowest BCUT2D eigenvalue weighted by molar-refractivity contribution is 0.0525. The van der Waals surface area contributed by atoms with Crippen molar-refractivity contribution in [3.05, 3.63) is 128 Å². The monoisotopic (exact) mass is 1190 g/mol. The van der Waals surface area contributed by atoms with Crippen LogP contribution in [0.25, 0.3) is 0 Å². The molecule has 0 fully saturated rings. The average Bonchev–Trinajstić information content (AvgIpc) is 3.69. The number of nitrogens with zero attached hydrogens (tertiary/aromatic N) is 3. The van der Waals surface area contributed by atoms with Gasteiger partial charge < -0.3 is 62.1 Å². The number of benzene rings is 4. The summed E-state index contributed by atoms with van der Waals surface area (Å²) in [6, 6.07) is 19.4. The van der Waals surface area contributed by atoms with Crippen molar-refractivity contribution in [1.29, 1.82) is 0 Å². The van der Waals surface area contributed by atoms with Gasteiger partial charge in [-0.15, -0.1) is 0 Å². The molecule has 7 rings (SSSR count). The number of carbonyl (C=O) groups is 9. The van der Waals surface area contributed by atoms with Crippen LogP contribution in [0.3, 0.4) is 0 Å². The van der Waals surface area contributed by atoms with Crippen LogP contribution in [0, 0.1) is 13.8 Å². The van der Waals surface area contributed by atoms with Crippen LogP contribution < -0.4 is 57.3 Å². The van der Waals surface area contributed by atoms with Crippen molar-refractivity contribution in [1.82, 2.24) is 62.6 Å². The Hall–Kier alpha value is -8.61. The van der Waals surface area contributed by atoms with E-state index in [4.69, 9.17) is 14.2 Å². The lowest BCUT2D eigenvalue weighted by Crippen LogP contribution is -2.46. The van der Waals surface area contributed by atoms with E-state index in [0.717, 1.165) is 6.42 Å². The van der Waals surface area contributed by atoms with Crippen LogP contribution in [-0.2, 0) is 4.74 Å². The summed E-state index contributed by atoms with van der Waals surface area (Å²) in [6.45, 7) is 13.6. The van der Waals surface area contributed by atoms with Crippen molar-refractivity contribution in [2.75, 3.05) is 132 Å². The lowest BCUT2D eigenvalue weighted by Gasteiger charge is -2.28. The van der Waals surface area contributed by atoms with E-state index >= 15 is 0 Å². The van der Waals surface area contributed by atoms with Crippen molar-refractivity contribution in [2.24, 2.45) is 0 Å². The zero-order chi connectivity index (χ0) is 62.2. The number of methoxy groups -OCH3 is 2. The number of hydrogen-bond donors (Lipinski definition) is 9. The Kier molecular flexibility index (Phi) is 25.7. The van der Waals surface area contributed by atoms with Crippen LogP contribution in [0.2, 0.25) is 0 Å². The Bertz CT molecular complexity index is 3060. The number of hydrogen-bond acceptors (Lipinski definition) is 15. The van der Waals surface area contributed by atoms with Crippen LogP contribution >= 0.6 is 0 Å². The molecule has 0 spiro atoms. The molecule has 0 radical (unpaired) electrons. The third-order valence-corrected chi connectivity index (χ3v) is 14.6. The van der Waals surface area contributed by atoms with E-state index in [2.05, 4.69) is 47.9 Å². The fraction of sp³-hybridized carbons (Fsp3) is 0.468. The number of fused-ring (bicyclic) bond motifs is 21. The molecule has 0 saturated heterocycles. The highest BCUT2D eigenvalue weighted by Crippen LogP contribution is 2.26. The second-order valence-electron chi connectivity index (χ2n) is 21.8. The summed E-state index contributed by atoms with van der Waals surface area (Å²) in [4.78, 5) is 128. The van der Waals surface area contributed by atoms with Gasteiger partial charge in [0, 0.05) is 140 Å². The summed E-state index contributed by atoms with van der Waals surface area (Å²) in [5, 5.41) is 26.4. The van der Waals surface area contributed by atoms with Gasteiger partial charge in [-0.2, -0.15) is 0 Å². The molecule has 4 aromatic rings. The van der Waals surface area contributed by atoms with Gasteiger partial charge >= 0.3 is 6.09 Å². The average molecular weight is 1190 g/mol. The highest BCUT2D eigenvalue weighted by Gasteiger charge is 2.25. The van der Waals surface area contributed by atoms with E-state index in [9.17, 15) is 43.2 Å². The SMILES string of the molecule is COc1c(C(=O)NCCCCCNC(=O)OC(C)(C)C)cccc1C(=O)NCCN1CCNC(=O)c2cccc(c2C)C(=O)NCCN2CCNC(=O)c3cccc(c3C)C(=O)NCCN(CCNC(=O)c3cccc(c3OC)C(=O)NCC2)CC1. The molecule has 24 heteroatoms. The first kappa shape index (κ1) is 66.5. The Balaban J connectivity index is 1.24. The minimum Gasteiger partial charge on any atom is -0.495 e. The van der Waals surface area contributed by atoms with Crippen LogP contribution in [0.15, 0.2) is 72.8 Å². The number of nitrogens with one attached hydrogen (secondary N) is 9. The summed E-state index contributed by atoms with van der Waals surface area (Å²) in [5.41, 5.74) is 2.27. The summed E-state index contributed by atoms with van der Waals surface area (Å²) in [6.07, 6.45) is 1.57. The van der Waals surface area contributed by atoms with Gasteiger partial charge in [0.1, 0.15) is 17.1 Å². The van der Waals surface area contributed by atoms with Gasteiger partial charge in [-0.25, -0.2) is 4.79 Å². The molecule has 4 aromatic carbocycles. The number of unbranched alkanes of at least 4 members (excludes halogenated alkanes) is 2. The minimum atomic E-state index is -0.597. The molecule has 0 aromatic heterocycles. The third-order valence-electron chi connectivity index (χ3n) is 14.6. The Morgan fingerprint density at radius 3 is 1.20 bits per heavy atom. The van der Waals surface area contributed by atoms with E-state index in [-0.39, 0.29) is 97.9 Å². The van der Waals surface area contributed by atoms with Gasteiger partial charge in [0.2, 0.25) is 0 Å². The molecule has 3 aliphatic heterocycles. The third kappa shape index (κ3) is 19.7. The maximum absolute atomic E-state index is 13.9. The molecule has 2 atom stereocenters. The standard InChI is InChI=1S/C62H84N12O12/c1-41-43-15-11-17-45(41)55(77)66-28-35-73(37-30-69-59(81)48-20-13-19-47(51(48)84-6)57(79)63-23-9-8-10-24-71-61(83)86-62(3,4)5)39-40-74-36-29-67-56(78)46-18-12-16-44(42(46)2)54(76)65-26-33-72(32-25-64-53(43)75)34-27-68-58(80)49-21-14-22-50(52(49)85-7)60(82)70-31-38-74/h11-22H,8-10,23-40H2,1-7H3,(H,63,79)(H,64,75)(H,65,76)(H,66,77)(H,67,78)(H,68,80)(H,69,81)(H,70,82)(H,71,83). The molecule has 24 nitrogen and oxygen atoms in total. The van der Waals surface area contributed by atoms with Gasteiger partial charge in [0.05, 0.1) is 36.5 Å². The van der Waals surface area contributed by atoms with E-state index in [1.54, 1.807) is 107 Å². The van der Waals surface area contributed by atoms with Crippen LogP contribution in [0.4, 0.5) is 4.79 Å². The molecule has 8 bridgehead atoms. The number of rotatable bonds is 13. The second kappa shape index (κ2) is 33.2. The molecule has 86 heavy (non-hydrogen) atoms. The molecule has 9 N–H and O–H groups in total. The largest absolute Gasteiger partial charge is 0.495 e. The number of amides is 9. The normalized spacial score (nSPS) is 17.5. The number of ether oxygens (including phenoxy) is 3. The van der Waals surface area contributed by atoms with Crippen molar-refractivity contribution in [3.8, 4) is 11.5 Å². The summed E-state index contributed by atoms with van der Waals surface area (Å²) in [5.74, 6) is -3.22.